The van der Waals surface area contributed by atoms with Gasteiger partial charge in [0, 0.05) is 17.1 Å². The molecule has 0 bridgehead atoms. The second-order valence-corrected chi connectivity index (χ2v) is 15.6. The molecule has 0 unspecified atom stereocenters. The highest BCUT2D eigenvalue weighted by molar-refractivity contribution is 6.26. The van der Waals surface area contributed by atoms with Crippen molar-refractivity contribution in [2.45, 2.75) is 33.6 Å². The SMILES string of the molecule is Cc1ccc(-c2ccccc2)cc1N(c1ccc2cc3c(cc2c1)-c1c-3c(-c2ccccc2)c2ccccc2c1-c1ccccc1)c1cc(C(C)C)ccc1C. The minimum absolute atomic E-state index is 0.416. The van der Waals surface area contributed by atoms with Gasteiger partial charge in [0.25, 0.3) is 0 Å². The molecule has 0 atom stereocenters. The monoisotopic (exact) mass is 717 g/mol. The van der Waals surface area contributed by atoms with Crippen LogP contribution in [0.15, 0.2) is 182 Å². The van der Waals surface area contributed by atoms with E-state index in [4.69, 9.17) is 0 Å². The third-order valence-electron chi connectivity index (χ3n) is 11.8. The lowest BCUT2D eigenvalue weighted by atomic mass is 9.70. The zero-order valence-corrected chi connectivity index (χ0v) is 32.3. The van der Waals surface area contributed by atoms with E-state index in [0.29, 0.717) is 5.92 Å². The first-order chi connectivity index (χ1) is 27.4. The molecule has 0 spiro atoms. The summed E-state index contributed by atoms with van der Waals surface area (Å²) in [7, 11) is 0. The van der Waals surface area contributed by atoms with Crippen molar-refractivity contribution in [1.29, 1.82) is 0 Å². The Labute approximate surface area is 330 Å². The lowest BCUT2D eigenvalue weighted by molar-refractivity contribution is 0.865. The van der Waals surface area contributed by atoms with Crippen LogP contribution in [0.25, 0.3) is 77.2 Å². The number of anilines is 3. The van der Waals surface area contributed by atoms with Crippen LogP contribution in [0.3, 0.4) is 0 Å². The van der Waals surface area contributed by atoms with E-state index in [1.165, 1.54) is 105 Å². The molecule has 0 fully saturated rings. The lowest BCUT2D eigenvalue weighted by Gasteiger charge is -2.33. The van der Waals surface area contributed by atoms with Gasteiger partial charge in [0.05, 0.1) is 0 Å². The van der Waals surface area contributed by atoms with Gasteiger partial charge in [-0.25, -0.2) is 0 Å². The van der Waals surface area contributed by atoms with Crippen molar-refractivity contribution in [3.63, 3.8) is 0 Å². The number of benzene rings is 9. The van der Waals surface area contributed by atoms with Crippen LogP contribution in [0.2, 0.25) is 0 Å². The second kappa shape index (κ2) is 13.6. The summed E-state index contributed by atoms with van der Waals surface area (Å²) in [6.07, 6.45) is 0. The van der Waals surface area contributed by atoms with Gasteiger partial charge in [-0.1, -0.05) is 159 Å². The second-order valence-electron chi connectivity index (χ2n) is 15.6. The van der Waals surface area contributed by atoms with E-state index in [1.807, 2.05) is 0 Å². The maximum absolute atomic E-state index is 2.49. The molecule has 268 valence electrons. The molecule has 1 aliphatic carbocycles. The molecule has 0 N–H and O–H groups in total. The fourth-order valence-electron chi connectivity index (χ4n) is 8.86. The largest absolute Gasteiger partial charge is 0.310 e. The summed E-state index contributed by atoms with van der Waals surface area (Å²) in [5, 5.41) is 5.06. The molecule has 0 heterocycles. The average Bonchev–Trinajstić information content (AvgIpc) is 3.24. The van der Waals surface area contributed by atoms with Gasteiger partial charge >= 0.3 is 0 Å². The maximum Gasteiger partial charge on any atom is 0.0497 e. The Morgan fingerprint density at radius 2 is 0.875 bits per heavy atom. The van der Waals surface area contributed by atoms with Crippen LogP contribution in [0, 0.1) is 13.8 Å². The number of rotatable bonds is 7. The van der Waals surface area contributed by atoms with Gasteiger partial charge < -0.3 is 4.90 Å². The average molecular weight is 718 g/mol. The van der Waals surface area contributed by atoms with E-state index in [0.717, 1.165) is 5.69 Å². The molecule has 9 aromatic rings. The molecule has 0 saturated heterocycles. The molecule has 56 heavy (non-hydrogen) atoms. The summed E-state index contributed by atoms with van der Waals surface area (Å²) in [5.74, 6) is 0.416. The van der Waals surface area contributed by atoms with Crippen molar-refractivity contribution in [3.05, 3.63) is 199 Å². The molecule has 1 nitrogen and oxygen atoms in total. The van der Waals surface area contributed by atoms with Crippen LogP contribution < -0.4 is 4.90 Å². The smallest absolute Gasteiger partial charge is 0.0497 e. The molecule has 10 rings (SSSR count). The van der Waals surface area contributed by atoms with Crippen LogP contribution >= 0.6 is 0 Å². The third kappa shape index (κ3) is 5.54. The van der Waals surface area contributed by atoms with Crippen LogP contribution in [-0.4, -0.2) is 0 Å². The molecule has 0 radical (unpaired) electrons. The predicted molar refractivity (Wildman–Crippen MR) is 240 cm³/mol. The summed E-state index contributed by atoms with van der Waals surface area (Å²) < 4.78 is 0. The van der Waals surface area contributed by atoms with Crippen molar-refractivity contribution < 1.29 is 0 Å². The van der Waals surface area contributed by atoms with Gasteiger partial charge in [-0.05, 0) is 150 Å². The zero-order chi connectivity index (χ0) is 37.9. The molecule has 0 saturated carbocycles. The van der Waals surface area contributed by atoms with E-state index >= 15 is 0 Å². The molecular formula is C55H43N. The first kappa shape index (κ1) is 33.8. The third-order valence-corrected chi connectivity index (χ3v) is 11.8. The maximum atomic E-state index is 2.49. The molecule has 0 amide bonds. The predicted octanol–water partition coefficient (Wildman–Crippen LogP) is 15.9. The molecule has 0 aliphatic heterocycles. The highest BCUT2D eigenvalue weighted by Gasteiger charge is 2.33. The zero-order valence-electron chi connectivity index (χ0n) is 32.3. The Balaban J connectivity index is 1.21. The Morgan fingerprint density at radius 1 is 0.375 bits per heavy atom. The van der Waals surface area contributed by atoms with Crippen molar-refractivity contribution in [3.8, 4) is 55.6 Å². The minimum Gasteiger partial charge on any atom is -0.310 e. The van der Waals surface area contributed by atoms with Crippen molar-refractivity contribution in [2.24, 2.45) is 0 Å². The van der Waals surface area contributed by atoms with Gasteiger partial charge in [0.15, 0.2) is 0 Å². The van der Waals surface area contributed by atoms with Crippen molar-refractivity contribution in [2.75, 3.05) is 4.90 Å². The van der Waals surface area contributed by atoms with Gasteiger partial charge in [-0.3, -0.25) is 0 Å². The minimum atomic E-state index is 0.416. The summed E-state index contributed by atoms with van der Waals surface area (Å²) in [5.41, 5.74) is 20.3. The summed E-state index contributed by atoms with van der Waals surface area (Å²) in [6, 6.07) is 67.4. The first-order valence-electron chi connectivity index (χ1n) is 19.8. The van der Waals surface area contributed by atoms with Gasteiger partial charge in [-0.2, -0.15) is 0 Å². The van der Waals surface area contributed by atoms with E-state index in [9.17, 15) is 0 Å². The highest BCUT2D eigenvalue weighted by Crippen LogP contribution is 2.60. The van der Waals surface area contributed by atoms with Crippen LogP contribution in [-0.2, 0) is 0 Å². The summed E-state index contributed by atoms with van der Waals surface area (Å²) >= 11 is 0. The van der Waals surface area contributed by atoms with Gasteiger partial charge in [0.1, 0.15) is 0 Å². The number of nitrogens with zero attached hydrogens (tertiary/aromatic N) is 1. The molecule has 1 heteroatoms. The lowest BCUT2D eigenvalue weighted by Crippen LogP contribution is -2.13. The fraction of sp³-hybridized carbons (Fsp3) is 0.0909. The first-order valence-corrected chi connectivity index (χ1v) is 19.8. The Morgan fingerprint density at radius 3 is 1.45 bits per heavy atom. The Bertz CT molecular complexity index is 2940. The summed E-state index contributed by atoms with van der Waals surface area (Å²) in [6.45, 7) is 9.03. The van der Waals surface area contributed by atoms with E-state index in [2.05, 4.69) is 215 Å². The fourth-order valence-corrected chi connectivity index (χ4v) is 8.86. The van der Waals surface area contributed by atoms with Crippen molar-refractivity contribution in [1.82, 2.24) is 0 Å². The molecule has 0 aromatic heterocycles. The normalized spacial score (nSPS) is 11.7. The number of fused-ring (bicyclic) bond motifs is 6. The molecular weight excluding hydrogens is 675 g/mol. The van der Waals surface area contributed by atoms with Crippen LogP contribution in [0.4, 0.5) is 17.1 Å². The molecule has 1 aliphatic rings. The van der Waals surface area contributed by atoms with Gasteiger partial charge in [-0.15, -0.1) is 0 Å². The van der Waals surface area contributed by atoms with Gasteiger partial charge in [0.2, 0.25) is 0 Å². The summed E-state index contributed by atoms with van der Waals surface area (Å²) in [4.78, 5) is 2.49. The topological polar surface area (TPSA) is 3.24 Å². The van der Waals surface area contributed by atoms with Crippen LogP contribution in [0.5, 0.6) is 0 Å². The number of hydrogen-bond acceptors (Lipinski definition) is 1. The Kier molecular flexibility index (Phi) is 8.19. The molecule has 9 aromatic carbocycles. The van der Waals surface area contributed by atoms with E-state index in [1.54, 1.807) is 0 Å². The van der Waals surface area contributed by atoms with Crippen LogP contribution in [0.1, 0.15) is 36.5 Å². The number of aryl methyl sites for hydroxylation is 2. The highest BCUT2D eigenvalue weighted by atomic mass is 15.1. The van der Waals surface area contributed by atoms with E-state index < -0.39 is 0 Å². The quantitative estimate of drug-likeness (QED) is 0.159. The number of hydrogen-bond donors (Lipinski definition) is 0. The van der Waals surface area contributed by atoms with Crippen molar-refractivity contribution >= 4 is 38.6 Å². The Hall–Kier alpha value is -6.70. The standard InChI is InChI=1S/C55H43N/c1-35(2)41-26-24-36(3)50(33-41)56(51-34-43(27-25-37(51)4)38-16-8-5-9-17-38)45-29-28-42-31-48-49(32-44(42)30-45)55-53(40-20-12-7-13-21-40)47-23-15-14-22-46(47)52(54(48)55)39-18-10-6-11-19-39/h5-35H,1-4H3. The van der Waals surface area contributed by atoms with E-state index in [-0.39, 0.29) is 0 Å².